The number of rotatable bonds is 2. The molecule has 0 unspecified atom stereocenters. The van der Waals surface area contributed by atoms with Crippen LogP contribution >= 0.6 is 0 Å². The van der Waals surface area contributed by atoms with E-state index in [9.17, 15) is 0 Å². The second-order valence-corrected chi connectivity index (χ2v) is 2.72. The van der Waals surface area contributed by atoms with Crippen molar-refractivity contribution in [1.82, 2.24) is 0 Å². The van der Waals surface area contributed by atoms with Gasteiger partial charge in [-0.05, 0) is 13.8 Å². The van der Waals surface area contributed by atoms with Gasteiger partial charge in [-0.25, -0.2) is 0 Å². The Hall–Kier alpha value is -0.910. The van der Waals surface area contributed by atoms with Crippen LogP contribution in [-0.4, -0.2) is 0 Å². The minimum absolute atomic E-state index is 1.13. The average molecular weight is 147 g/mol. The summed E-state index contributed by atoms with van der Waals surface area (Å²) >= 11 is 0. The second kappa shape index (κ2) is 4.07. The fourth-order valence-corrected chi connectivity index (χ4v) is 1.13. The van der Waals surface area contributed by atoms with Crippen molar-refractivity contribution in [2.24, 2.45) is 0 Å². The van der Waals surface area contributed by atoms with Gasteiger partial charge in [0.1, 0.15) is 0 Å². The maximum absolute atomic E-state index is 2.28. The molecular weight excluding hydrogens is 132 g/mol. The van der Waals surface area contributed by atoms with Gasteiger partial charge < -0.3 is 0 Å². The minimum Gasteiger partial charge on any atom is -0.0495 e. The molecule has 0 aromatic heterocycles. The van der Waals surface area contributed by atoms with E-state index in [1.54, 1.807) is 0 Å². The van der Waals surface area contributed by atoms with Crippen LogP contribution < -0.4 is 0 Å². The summed E-state index contributed by atoms with van der Waals surface area (Å²) in [5.41, 5.74) is 2.85. The van der Waals surface area contributed by atoms with Crippen LogP contribution in [0.25, 0.3) is 0 Å². The van der Waals surface area contributed by atoms with Gasteiger partial charge >= 0.3 is 0 Å². The van der Waals surface area contributed by atoms with E-state index in [2.05, 4.69) is 44.2 Å². The molecule has 1 aromatic carbocycles. The van der Waals surface area contributed by atoms with Crippen LogP contribution in [0.15, 0.2) is 30.3 Å². The molecule has 0 heteroatoms. The molecule has 0 saturated carbocycles. The van der Waals surface area contributed by atoms with Gasteiger partial charge in [0, 0.05) is 42.7 Å². The maximum atomic E-state index is 2.28. The summed E-state index contributed by atoms with van der Waals surface area (Å²) in [7, 11) is 0. The zero-order chi connectivity index (χ0) is 8.10. The van der Waals surface area contributed by atoms with Crippen LogP contribution in [0.4, 0.5) is 0 Å². The van der Waals surface area contributed by atoms with Crippen LogP contribution in [0.2, 0.25) is 0 Å². The molecule has 11 heavy (non-hydrogen) atoms. The monoisotopic (exact) mass is 147 g/mol. The van der Waals surface area contributed by atoms with Crippen molar-refractivity contribution in [2.75, 3.05) is 0 Å². The number of hydrogen-bond acceptors (Lipinski definition) is 0. The third-order valence-electron chi connectivity index (χ3n) is 1.92. The van der Waals surface area contributed by atoms with Crippen molar-refractivity contribution >= 4 is 0 Å². The fraction of sp³-hybridized carbons (Fsp3) is 0.364. The molecule has 0 spiro atoms. The first-order chi connectivity index (χ1) is 5.36. The van der Waals surface area contributed by atoms with E-state index in [4.69, 9.17) is 0 Å². The molecule has 58 valence electrons. The Morgan fingerprint density at radius 1 is 1.27 bits per heavy atom. The Bertz CT molecular complexity index is 207. The first-order valence-electron chi connectivity index (χ1n) is 4.28. The average Bonchev–Trinajstić information content (AvgIpc) is 2.28. The lowest BCUT2D eigenvalue weighted by molar-refractivity contribution is 1.10. The van der Waals surface area contributed by atoms with Crippen molar-refractivity contribution in [3.63, 3.8) is 0 Å². The van der Waals surface area contributed by atoms with Gasteiger partial charge in [0.2, 0.25) is 0 Å². The van der Waals surface area contributed by atoms with Crippen molar-refractivity contribution in [1.29, 1.82) is 0 Å². The van der Waals surface area contributed by atoms with Crippen molar-refractivity contribution in [3.8, 4) is 0 Å². The maximum Gasteiger partial charge on any atom is 0.0526 e. The van der Waals surface area contributed by atoms with Crippen LogP contribution in [0.1, 0.15) is 25.0 Å². The summed E-state index contributed by atoms with van der Waals surface area (Å²) in [4.78, 5) is 0. The summed E-state index contributed by atoms with van der Waals surface area (Å²) in [5.74, 6) is 0. The van der Waals surface area contributed by atoms with E-state index in [0.717, 1.165) is 12.8 Å². The molecule has 0 bridgehead atoms. The standard InChI is InChI=1S/C11H15/c1-3-10-7-5-6-8-11(4-2)9-10/h5-9H,3-4H2,1-2H3/q+1. The summed E-state index contributed by atoms with van der Waals surface area (Å²) in [6, 6.07) is 10.9. The lowest BCUT2D eigenvalue weighted by atomic mass is 10.1. The minimum atomic E-state index is 1.13. The van der Waals surface area contributed by atoms with Gasteiger partial charge in [0.05, 0.1) is 11.6 Å². The summed E-state index contributed by atoms with van der Waals surface area (Å²) in [5, 5.41) is 0. The van der Waals surface area contributed by atoms with Crippen LogP contribution in [0.5, 0.6) is 0 Å². The number of aryl methyl sites for hydroxylation is 2. The topological polar surface area (TPSA) is 0 Å². The predicted octanol–water partition coefficient (Wildman–Crippen LogP) is 3.09. The third-order valence-corrected chi connectivity index (χ3v) is 1.92. The SMILES string of the molecule is CCc1cccc[c+](CC)c1. The molecular formula is C11H15+. The van der Waals surface area contributed by atoms with Crippen molar-refractivity contribution in [3.05, 3.63) is 41.5 Å². The van der Waals surface area contributed by atoms with E-state index in [0.29, 0.717) is 0 Å². The van der Waals surface area contributed by atoms with E-state index in [1.165, 1.54) is 11.1 Å². The lowest BCUT2D eigenvalue weighted by Crippen LogP contribution is -1.78. The van der Waals surface area contributed by atoms with Crippen LogP contribution in [0, 0.1) is 0 Å². The zero-order valence-electron chi connectivity index (χ0n) is 7.30. The van der Waals surface area contributed by atoms with E-state index >= 15 is 0 Å². The van der Waals surface area contributed by atoms with Gasteiger partial charge in [-0.1, -0.05) is 0 Å². The molecule has 0 radical (unpaired) electrons. The highest BCUT2D eigenvalue weighted by atomic mass is 13.9. The molecule has 0 aliphatic carbocycles. The van der Waals surface area contributed by atoms with Gasteiger partial charge in [-0.3, -0.25) is 0 Å². The second-order valence-electron chi connectivity index (χ2n) is 2.72. The van der Waals surface area contributed by atoms with E-state index in [-0.39, 0.29) is 0 Å². The Labute approximate surface area is 68.9 Å². The Kier molecular flexibility index (Phi) is 3.03. The summed E-state index contributed by atoms with van der Waals surface area (Å²) in [6.45, 7) is 4.38. The normalized spacial score (nSPS) is 9.64. The van der Waals surface area contributed by atoms with Gasteiger partial charge in [-0.2, -0.15) is 0 Å². The largest absolute Gasteiger partial charge is 0.0526 e. The van der Waals surface area contributed by atoms with Crippen molar-refractivity contribution in [2.45, 2.75) is 26.7 Å². The number of hydrogen-bond donors (Lipinski definition) is 0. The molecule has 0 aliphatic rings. The van der Waals surface area contributed by atoms with Crippen molar-refractivity contribution < 1.29 is 0 Å². The molecule has 0 fully saturated rings. The lowest BCUT2D eigenvalue weighted by Gasteiger charge is -1.84. The van der Waals surface area contributed by atoms with Gasteiger partial charge in [0.15, 0.2) is 0 Å². The highest BCUT2D eigenvalue weighted by Crippen LogP contribution is 2.04. The van der Waals surface area contributed by atoms with Crippen LogP contribution in [0.3, 0.4) is 0 Å². The van der Waals surface area contributed by atoms with Crippen LogP contribution in [-0.2, 0) is 12.8 Å². The Morgan fingerprint density at radius 3 is 2.73 bits per heavy atom. The highest BCUT2D eigenvalue weighted by Gasteiger charge is 1.96. The first-order valence-corrected chi connectivity index (χ1v) is 4.28. The fourth-order valence-electron chi connectivity index (χ4n) is 1.13. The smallest absolute Gasteiger partial charge is 0.0495 e. The summed E-state index contributed by atoms with van der Waals surface area (Å²) in [6.07, 6.45) is 2.25. The molecule has 1 aromatic rings. The molecule has 0 heterocycles. The zero-order valence-corrected chi connectivity index (χ0v) is 7.30. The van der Waals surface area contributed by atoms with Gasteiger partial charge in [-0.15, -0.1) is 0 Å². The Morgan fingerprint density at radius 2 is 2.09 bits per heavy atom. The first kappa shape index (κ1) is 8.19. The molecule has 0 amide bonds. The molecule has 0 aliphatic heterocycles. The molecule has 0 nitrogen and oxygen atoms in total. The third kappa shape index (κ3) is 2.30. The Balaban J connectivity index is 3.04. The molecule has 0 saturated heterocycles. The summed E-state index contributed by atoms with van der Waals surface area (Å²) < 4.78 is 0. The van der Waals surface area contributed by atoms with Gasteiger partial charge in [0.25, 0.3) is 0 Å². The molecule has 1 rings (SSSR count). The highest BCUT2D eigenvalue weighted by molar-refractivity contribution is 5.21. The molecule has 0 N–H and O–H groups in total. The molecule has 0 atom stereocenters. The predicted molar refractivity (Wildman–Crippen MR) is 49.6 cm³/mol. The van der Waals surface area contributed by atoms with E-state index in [1.807, 2.05) is 0 Å². The van der Waals surface area contributed by atoms with E-state index < -0.39 is 0 Å². The quantitative estimate of drug-likeness (QED) is 0.564.